The molecule has 1 aromatic carbocycles. The van der Waals surface area contributed by atoms with Crippen molar-refractivity contribution in [1.29, 1.82) is 0 Å². The second kappa shape index (κ2) is 8.74. The van der Waals surface area contributed by atoms with Crippen LogP contribution in [0.15, 0.2) is 35.1 Å². The smallest absolute Gasteiger partial charge is 0.266 e. The van der Waals surface area contributed by atoms with E-state index in [1.54, 1.807) is 20.0 Å². The molecule has 6 nitrogen and oxygen atoms in total. The van der Waals surface area contributed by atoms with Crippen LogP contribution in [-0.2, 0) is 13.6 Å². The van der Waals surface area contributed by atoms with E-state index in [2.05, 4.69) is 20.2 Å². The first-order chi connectivity index (χ1) is 15.3. The molecular formula is C23H24F3N5O. The lowest BCUT2D eigenvalue weighted by molar-refractivity contribution is 0.146. The second-order valence-electron chi connectivity index (χ2n) is 8.00. The molecule has 1 N–H and O–H groups in total. The van der Waals surface area contributed by atoms with Gasteiger partial charge in [0.25, 0.3) is 12.0 Å². The molecule has 0 atom stereocenters. The molecule has 0 bridgehead atoms. The summed E-state index contributed by atoms with van der Waals surface area (Å²) in [5, 5.41) is 3.67. The van der Waals surface area contributed by atoms with E-state index in [1.165, 1.54) is 16.7 Å². The quantitative estimate of drug-likeness (QED) is 0.645. The van der Waals surface area contributed by atoms with Crippen LogP contribution in [0.3, 0.4) is 0 Å². The highest BCUT2D eigenvalue weighted by molar-refractivity contribution is 5.89. The third-order valence-electron chi connectivity index (χ3n) is 5.73. The summed E-state index contributed by atoms with van der Waals surface area (Å²) < 4.78 is 42.0. The molecule has 1 aliphatic heterocycles. The predicted molar refractivity (Wildman–Crippen MR) is 118 cm³/mol. The van der Waals surface area contributed by atoms with E-state index in [9.17, 15) is 18.0 Å². The van der Waals surface area contributed by atoms with Gasteiger partial charge in [0.1, 0.15) is 23.1 Å². The Balaban J connectivity index is 1.77. The minimum Gasteiger partial charge on any atom is -0.365 e. The van der Waals surface area contributed by atoms with Gasteiger partial charge >= 0.3 is 0 Å². The third kappa shape index (κ3) is 4.12. The van der Waals surface area contributed by atoms with Crippen LogP contribution in [0.5, 0.6) is 0 Å². The SMILES string of the molecule is Cc1nc(NCc2cccc(C(F)F)c2F)c2cc(C3=CCN(C)CC3)c(=O)n(C)c2n1. The highest BCUT2D eigenvalue weighted by atomic mass is 19.3. The van der Waals surface area contributed by atoms with Gasteiger partial charge < -0.3 is 10.2 Å². The van der Waals surface area contributed by atoms with Crippen molar-refractivity contribution in [2.75, 3.05) is 25.5 Å². The Labute approximate surface area is 183 Å². The molecule has 3 aromatic rings. The molecule has 0 saturated carbocycles. The lowest BCUT2D eigenvalue weighted by Gasteiger charge is -2.22. The van der Waals surface area contributed by atoms with Crippen molar-refractivity contribution in [3.8, 4) is 0 Å². The first-order valence-corrected chi connectivity index (χ1v) is 10.3. The van der Waals surface area contributed by atoms with Crippen LogP contribution in [0.25, 0.3) is 16.6 Å². The number of nitrogens with zero attached hydrogens (tertiary/aromatic N) is 4. The van der Waals surface area contributed by atoms with Gasteiger partial charge in [-0.3, -0.25) is 9.36 Å². The molecule has 168 valence electrons. The van der Waals surface area contributed by atoms with E-state index in [4.69, 9.17) is 0 Å². The van der Waals surface area contributed by atoms with Crippen molar-refractivity contribution < 1.29 is 13.2 Å². The molecule has 2 aromatic heterocycles. The highest BCUT2D eigenvalue weighted by Crippen LogP contribution is 2.27. The van der Waals surface area contributed by atoms with E-state index in [-0.39, 0.29) is 17.7 Å². The summed E-state index contributed by atoms with van der Waals surface area (Å²) in [4.78, 5) is 24.0. The molecule has 0 spiro atoms. The maximum atomic E-state index is 14.5. The zero-order valence-electron chi connectivity index (χ0n) is 18.1. The lowest BCUT2D eigenvalue weighted by atomic mass is 10.00. The number of nitrogens with one attached hydrogen (secondary N) is 1. The fourth-order valence-electron chi connectivity index (χ4n) is 3.90. The van der Waals surface area contributed by atoms with Crippen LogP contribution in [0, 0.1) is 12.7 Å². The van der Waals surface area contributed by atoms with E-state index in [1.807, 2.05) is 13.1 Å². The van der Waals surface area contributed by atoms with Crippen molar-refractivity contribution in [3.05, 3.63) is 69.0 Å². The Kier molecular flexibility index (Phi) is 6.01. The lowest BCUT2D eigenvalue weighted by Crippen LogP contribution is -2.27. The van der Waals surface area contributed by atoms with Gasteiger partial charge in [0.15, 0.2) is 0 Å². The Bertz CT molecular complexity index is 1270. The number of aryl methyl sites for hydroxylation is 2. The molecule has 0 unspecified atom stereocenters. The van der Waals surface area contributed by atoms with E-state index < -0.39 is 17.8 Å². The number of fused-ring (bicyclic) bond motifs is 1. The zero-order chi connectivity index (χ0) is 23.0. The van der Waals surface area contributed by atoms with Gasteiger partial charge in [-0.2, -0.15) is 0 Å². The van der Waals surface area contributed by atoms with Gasteiger partial charge in [0.05, 0.1) is 10.9 Å². The molecular weight excluding hydrogens is 419 g/mol. The normalized spacial score (nSPS) is 14.8. The van der Waals surface area contributed by atoms with Crippen molar-refractivity contribution >= 4 is 22.4 Å². The number of anilines is 1. The summed E-state index contributed by atoms with van der Waals surface area (Å²) in [5.41, 5.74) is 1.32. The predicted octanol–water partition coefficient (Wildman–Crippen LogP) is 4.04. The molecule has 4 rings (SSSR count). The summed E-state index contributed by atoms with van der Waals surface area (Å²) >= 11 is 0. The number of alkyl halides is 2. The number of hydrogen-bond acceptors (Lipinski definition) is 5. The molecule has 32 heavy (non-hydrogen) atoms. The van der Waals surface area contributed by atoms with Crippen LogP contribution in [0.4, 0.5) is 19.0 Å². The number of halogens is 3. The van der Waals surface area contributed by atoms with Gasteiger partial charge in [-0.25, -0.2) is 23.1 Å². The number of likely N-dealkylation sites (N-methyl/N-ethyl adjacent to an activating group) is 1. The Hall–Kier alpha value is -3.20. The van der Waals surface area contributed by atoms with Gasteiger partial charge in [-0.05, 0) is 32.0 Å². The molecule has 0 fully saturated rings. The Morgan fingerprint density at radius 1 is 1.22 bits per heavy atom. The average molecular weight is 443 g/mol. The fraction of sp³-hybridized carbons (Fsp3) is 0.348. The van der Waals surface area contributed by atoms with Crippen molar-refractivity contribution in [3.63, 3.8) is 0 Å². The third-order valence-corrected chi connectivity index (χ3v) is 5.73. The number of rotatable bonds is 5. The minimum atomic E-state index is -2.89. The molecule has 1 aliphatic rings. The summed E-state index contributed by atoms with van der Waals surface area (Å²) in [5.74, 6) is -0.0857. The monoisotopic (exact) mass is 443 g/mol. The summed E-state index contributed by atoms with van der Waals surface area (Å²) in [6.07, 6.45) is -0.102. The number of benzene rings is 1. The van der Waals surface area contributed by atoms with Crippen molar-refractivity contribution in [1.82, 2.24) is 19.4 Å². The van der Waals surface area contributed by atoms with Gasteiger partial charge in [-0.1, -0.05) is 24.3 Å². The largest absolute Gasteiger partial charge is 0.365 e. The second-order valence-corrected chi connectivity index (χ2v) is 8.00. The summed E-state index contributed by atoms with van der Waals surface area (Å²) in [6, 6.07) is 5.70. The first kappa shape index (κ1) is 22.0. The van der Waals surface area contributed by atoms with E-state index in [0.29, 0.717) is 28.2 Å². The Morgan fingerprint density at radius 3 is 2.69 bits per heavy atom. The number of pyridine rings is 1. The van der Waals surface area contributed by atoms with Crippen LogP contribution in [0.1, 0.15) is 35.4 Å². The van der Waals surface area contributed by atoms with Gasteiger partial charge in [-0.15, -0.1) is 0 Å². The Morgan fingerprint density at radius 2 is 2.00 bits per heavy atom. The topological polar surface area (TPSA) is 63.1 Å². The van der Waals surface area contributed by atoms with Crippen LogP contribution in [-0.4, -0.2) is 39.6 Å². The average Bonchev–Trinajstić information content (AvgIpc) is 2.76. The fourth-order valence-corrected chi connectivity index (χ4v) is 3.90. The zero-order valence-corrected chi connectivity index (χ0v) is 18.1. The summed E-state index contributed by atoms with van der Waals surface area (Å²) in [7, 11) is 3.68. The van der Waals surface area contributed by atoms with Crippen LogP contribution in [0.2, 0.25) is 0 Å². The number of hydrogen-bond donors (Lipinski definition) is 1. The molecule has 0 amide bonds. The summed E-state index contributed by atoms with van der Waals surface area (Å²) in [6.45, 7) is 3.26. The molecule has 0 radical (unpaired) electrons. The highest BCUT2D eigenvalue weighted by Gasteiger charge is 2.19. The standard InChI is InChI=1S/C23H24F3N5O/c1-13-28-21(27-12-15-5-4-6-16(19(15)24)20(25)26)18-11-17(14-7-9-30(2)10-8-14)23(32)31(3)22(18)29-13/h4-7,11,20H,8-10,12H2,1-3H3,(H,27,28,29). The minimum absolute atomic E-state index is 0.0381. The van der Waals surface area contributed by atoms with E-state index in [0.717, 1.165) is 31.1 Å². The first-order valence-electron chi connectivity index (χ1n) is 10.3. The molecule has 0 aliphatic carbocycles. The van der Waals surface area contributed by atoms with E-state index >= 15 is 0 Å². The maximum absolute atomic E-state index is 14.5. The van der Waals surface area contributed by atoms with Gasteiger partial charge in [0, 0.05) is 37.8 Å². The molecule has 9 heteroatoms. The van der Waals surface area contributed by atoms with Crippen LogP contribution >= 0.6 is 0 Å². The molecule has 0 saturated heterocycles. The van der Waals surface area contributed by atoms with Crippen LogP contribution < -0.4 is 10.9 Å². The van der Waals surface area contributed by atoms with Gasteiger partial charge in [0.2, 0.25) is 0 Å². The number of aromatic nitrogens is 3. The molecule has 3 heterocycles. The van der Waals surface area contributed by atoms with Crippen molar-refractivity contribution in [2.45, 2.75) is 26.3 Å². The maximum Gasteiger partial charge on any atom is 0.266 e. The van der Waals surface area contributed by atoms with Crippen molar-refractivity contribution in [2.24, 2.45) is 7.05 Å².